The van der Waals surface area contributed by atoms with Gasteiger partial charge < -0.3 is 14.9 Å². The van der Waals surface area contributed by atoms with Gasteiger partial charge in [0.2, 0.25) is 17.7 Å². The predicted molar refractivity (Wildman–Crippen MR) is 139 cm³/mol. The summed E-state index contributed by atoms with van der Waals surface area (Å²) in [7, 11) is 2.03. The standard InChI is InChI=1S/C28H40N4O5/c1-27(2,3)28(26(37)32-15-11-18(12-16-32)25(35)36)13-9-20(10-14-28)31(4)22-7-5-19(17-29-22)21-6-8-23(33)30-24(21)34/h5,7,17-18,20-21H,6,8-16H2,1-4H3,(H,35,36)(H,30,33,34)/t20?,21-,28?/m0/s1. The van der Waals surface area contributed by atoms with Crippen LogP contribution in [0.2, 0.25) is 0 Å². The Hall–Kier alpha value is -2.97. The van der Waals surface area contributed by atoms with Crippen molar-refractivity contribution in [2.45, 2.75) is 84.1 Å². The van der Waals surface area contributed by atoms with Gasteiger partial charge >= 0.3 is 5.97 Å². The van der Waals surface area contributed by atoms with E-state index in [1.54, 1.807) is 6.20 Å². The molecule has 0 spiro atoms. The van der Waals surface area contributed by atoms with Gasteiger partial charge in [-0.3, -0.25) is 24.5 Å². The van der Waals surface area contributed by atoms with Crippen LogP contribution in [0.15, 0.2) is 18.3 Å². The highest BCUT2D eigenvalue weighted by molar-refractivity contribution is 6.00. The summed E-state index contributed by atoms with van der Waals surface area (Å²) in [6, 6.07) is 4.10. The zero-order valence-corrected chi connectivity index (χ0v) is 22.5. The number of hydrogen-bond donors (Lipinski definition) is 2. The molecule has 3 fully saturated rings. The van der Waals surface area contributed by atoms with Crippen LogP contribution in [0.1, 0.15) is 83.6 Å². The van der Waals surface area contributed by atoms with E-state index in [0.717, 1.165) is 37.1 Å². The molecule has 2 N–H and O–H groups in total. The third-order valence-corrected chi connectivity index (χ3v) is 9.11. The molecule has 1 atom stereocenters. The fourth-order valence-electron chi connectivity index (χ4n) is 6.41. The molecule has 2 saturated heterocycles. The Kier molecular flexibility index (Phi) is 7.62. The van der Waals surface area contributed by atoms with Gasteiger partial charge in [0.15, 0.2) is 0 Å². The summed E-state index contributed by atoms with van der Waals surface area (Å²) in [6.07, 6.45) is 6.89. The Morgan fingerprint density at radius 2 is 1.73 bits per heavy atom. The molecule has 1 aromatic rings. The summed E-state index contributed by atoms with van der Waals surface area (Å²) in [5.41, 5.74) is 0.137. The molecule has 0 aromatic carbocycles. The van der Waals surface area contributed by atoms with Gasteiger partial charge in [-0.1, -0.05) is 26.8 Å². The smallest absolute Gasteiger partial charge is 0.306 e. The van der Waals surface area contributed by atoms with Crippen molar-refractivity contribution in [3.05, 3.63) is 23.9 Å². The van der Waals surface area contributed by atoms with E-state index >= 15 is 0 Å². The Balaban J connectivity index is 1.41. The molecule has 1 saturated carbocycles. The molecule has 3 amide bonds. The summed E-state index contributed by atoms with van der Waals surface area (Å²) in [5.74, 6) is -0.951. The van der Waals surface area contributed by atoms with Crippen LogP contribution in [-0.2, 0) is 19.2 Å². The van der Waals surface area contributed by atoms with Crippen LogP contribution in [-0.4, -0.2) is 64.9 Å². The summed E-state index contributed by atoms with van der Waals surface area (Å²) >= 11 is 0. The molecule has 9 heteroatoms. The van der Waals surface area contributed by atoms with E-state index in [1.165, 1.54) is 0 Å². The molecule has 2 aliphatic heterocycles. The number of hydrogen-bond acceptors (Lipinski definition) is 6. The van der Waals surface area contributed by atoms with Gasteiger partial charge in [0.25, 0.3) is 0 Å². The first-order chi connectivity index (χ1) is 17.4. The van der Waals surface area contributed by atoms with Gasteiger partial charge in [0.1, 0.15) is 5.82 Å². The zero-order chi connectivity index (χ0) is 27.0. The number of carbonyl (C=O) groups excluding carboxylic acids is 3. The fourth-order valence-corrected chi connectivity index (χ4v) is 6.41. The van der Waals surface area contributed by atoms with Gasteiger partial charge in [-0.2, -0.15) is 0 Å². The molecule has 202 valence electrons. The Morgan fingerprint density at radius 3 is 2.24 bits per heavy atom. The average molecular weight is 513 g/mol. The number of imide groups is 1. The number of carbonyl (C=O) groups is 4. The number of anilines is 1. The summed E-state index contributed by atoms with van der Waals surface area (Å²) in [4.78, 5) is 57.6. The van der Waals surface area contributed by atoms with Crippen LogP contribution in [0.5, 0.6) is 0 Å². The average Bonchev–Trinajstić information content (AvgIpc) is 2.87. The number of carboxylic acid groups (broad SMARTS) is 1. The first kappa shape index (κ1) is 27.1. The maximum Gasteiger partial charge on any atom is 0.306 e. The number of nitrogens with one attached hydrogen (secondary N) is 1. The normalized spacial score (nSPS) is 27.5. The molecular weight excluding hydrogens is 472 g/mol. The Morgan fingerprint density at radius 1 is 1.08 bits per heavy atom. The van der Waals surface area contributed by atoms with Crippen LogP contribution in [0, 0.1) is 16.7 Å². The van der Waals surface area contributed by atoms with Gasteiger partial charge in [0, 0.05) is 38.8 Å². The second-order valence-electron chi connectivity index (χ2n) is 12.0. The third-order valence-electron chi connectivity index (χ3n) is 9.11. The Labute approximate surface area is 219 Å². The van der Waals surface area contributed by atoms with E-state index in [1.807, 2.05) is 24.1 Å². The first-order valence-electron chi connectivity index (χ1n) is 13.5. The Bertz CT molecular complexity index is 1030. The molecule has 1 aromatic heterocycles. The lowest BCUT2D eigenvalue weighted by Gasteiger charge is -2.51. The number of carboxylic acids is 1. The number of piperidine rings is 2. The lowest BCUT2D eigenvalue weighted by atomic mass is 9.57. The minimum absolute atomic E-state index is 0.177. The van der Waals surface area contributed by atoms with E-state index in [0.29, 0.717) is 38.8 Å². The molecule has 37 heavy (non-hydrogen) atoms. The number of pyridine rings is 1. The maximum atomic E-state index is 13.9. The molecule has 4 rings (SSSR count). The molecular formula is C28H40N4O5. The molecule has 0 radical (unpaired) electrons. The highest BCUT2D eigenvalue weighted by Gasteiger charge is 2.52. The van der Waals surface area contributed by atoms with Gasteiger partial charge in [-0.15, -0.1) is 0 Å². The van der Waals surface area contributed by atoms with Crippen LogP contribution >= 0.6 is 0 Å². The lowest BCUT2D eigenvalue weighted by molar-refractivity contribution is -0.157. The number of nitrogens with zero attached hydrogens (tertiary/aromatic N) is 3. The van der Waals surface area contributed by atoms with Gasteiger partial charge in [0.05, 0.1) is 17.3 Å². The quantitative estimate of drug-likeness (QED) is 0.581. The molecule has 9 nitrogen and oxygen atoms in total. The van der Waals surface area contributed by atoms with Crippen molar-refractivity contribution in [1.82, 2.24) is 15.2 Å². The van der Waals surface area contributed by atoms with Crippen molar-refractivity contribution in [3.8, 4) is 0 Å². The topological polar surface area (TPSA) is 120 Å². The fraction of sp³-hybridized carbons (Fsp3) is 0.679. The summed E-state index contributed by atoms with van der Waals surface area (Å²) in [5, 5.41) is 11.7. The number of likely N-dealkylation sites (tertiary alicyclic amines) is 1. The second-order valence-corrected chi connectivity index (χ2v) is 12.0. The van der Waals surface area contributed by atoms with E-state index in [-0.39, 0.29) is 41.0 Å². The van der Waals surface area contributed by atoms with Crippen molar-refractivity contribution in [1.29, 1.82) is 0 Å². The van der Waals surface area contributed by atoms with Crippen molar-refractivity contribution >= 4 is 29.5 Å². The molecule has 3 heterocycles. The zero-order valence-electron chi connectivity index (χ0n) is 22.5. The van der Waals surface area contributed by atoms with Crippen molar-refractivity contribution in [2.75, 3.05) is 25.0 Å². The maximum absolute atomic E-state index is 13.9. The number of aromatic nitrogens is 1. The number of rotatable bonds is 5. The minimum Gasteiger partial charge on any atom is -0.481 e. The van der Waals surface area contributed by atoms with Crippen LogP contribution < -0.4 is 10.2 Å². The summed E-state index contributed by atoms with van der Waals surface area (Å²) in [6.45, 7) is 7.47. The van der Waals surface area contributed by atoms with Crippen molar-refractivity contribution < 1.29 is 24.3 Å². The predicted octanol–water partition coefficient (Wildman–Crippen LogP) is 3.34. The van der Waals surface area contributed by atoms with Crippen LogP contribution in [0.3, 0.4) is 0 Å². The molecule has 3 aliphatic rings. The molecule has 0 unspecified atom stereocenters. The monoisotopic (exact) mass is 512 g/mol. The highest BCUT2D eigenvalue weighted by Crippen LogP contribution is 2.52. The van der Waals surface area contributed by atoms with E-state index in [9.17, 15) is 24.3 Å². The second kappa shape index (κ2) is 10.4. The first-order valence-corrected chi connectivity index (χ1v) is 13.5. The van der Waals surface area contributed by atoms with Gasteiger partial charge in [-0.25, -0.2) is 4.98 Å². The largest absolute Gasteiger partial charge is 0.481 e. The van der Waals surface area contributed by atoms with Gasteiger partial charge in [-0.05, 0) is 62.0 Å². The van der Waals surface area contributed by atoms with Crippen molar-refractivity contribution in [2.24, 2.45) is 16.7 Å². The number of aliphatic carboxylic acids is 1. The number of amides is 3. The summed E-state index contributed by atoms with van der Waals surface area (Å²) < 4.78 is 0. The van der Waals surface area contributed by atoms with E-state index in [2.05, 4.69) is 36.0 Å². The van der Waals surface area contributed by atoms with Crippen LogP contribution in [0.4, 0.5) is 5.82 Å². The van der Waals surface area contributed by atoms with E-state index < -0.39 is 11.4 Å². The highest BCUT2D eigenvalue weighted by atomic mass is 16.4. The van der Waals surface area contributed by atoms with E-state index in [4.69, 9.17) is 0 Å². The van der Waals surface area contributed by atoms with Crippen LogP contribution in [0.25, 0.3) is 0 Å². The van der Waals surface area contributed by atoms with Crippen molar-refractivity contribution in [3.63, 3.8) is 0 Å². The lowest BCUT2D eigenvalue weighted by Crippen LogP contribution is -2.55. The SMILES string of the molecule is CN(c1ccc([C@@H]2CCC(=O)NC2=O)cn1)C1CCC(C(=O)N2CCC(C(=O)O)CC2)(C(C)(C)C)CC1. The molecule has 1 aliphatic carbocycles. The molecule has 0 bridgehead atoms. The third kappa shape index (κ3) is 5.36. The minimum atomic E-state index is -0.764.